The van der Waals surface area contributed by atoms with Crippen LogP contribution in [0, 0.1) is 5.92 Å². The van der Waals surface area contributed by atoms with Gasteiger partial charge in [-0.25, -0.2) is 0 Å². The van der Waals surface area contributed by atoms with E-state index >= 15 is 0 Å². The molecule has 4 atom stereocenters. The summed E-state index contributed by atoms with van der Waals surface area (Å²) in [6, 6.07) is 0.476. The zero-order valence-electron chi connectivity index (χ0n) is 12.9. The Hall–Kier alpha value is -0.160. The van der Waals surface area contributed by atoms with E-state index in [1.807, 2.05) is 0 Å². The average molecular weight is 283 g/mol. The Kier molecular flexibility index (Phi) is 4.65. The van der Waals surface area contributed by atoms with Crippen LogP contribution < -0.4 is 5.32 Å². The molecule has 0 aromatic carbocycles. The third-order valence-electron chi connectivity index (χ3n) is 5.44. The summed E-state index contributed by atoms with van der Waals surface area (Å²) in [6.07, 6.45) is 7.63. The molecule has 1 N–H and O–H groups in total. The molecular formula is C16H29NO3. The van der Waals surface area contributed by atoms with Crippen molar-refractivity contribution < 1.29 is 14.2 Å². The fraction of sp³-hybridized carbons (Fsp3) is 1.00. The van der Waals surface area contributed by atoms with Crippen molar-refractivity contribution in [1.82, 2.24) is 5.32 Å². The van der Waals surface area contributed by atoms with Crippen LogP contribution in [-0.2, 0) is 14.2 Å². The van der Waals surface area contributed by atoms with Crippen molar-refractivity contribution in [3.05, 3.63) is 0 Å². The highest BCUT2D eigenvalue weighted by molar-refractivity contribution is 4.95. The number of ether oxygens (including phenoxy) is 3. The number of likely N-dealkylation sites (N-methyl/N-ethyl adjacent to an activating group) is 1. The van der Waals surface area contributed by atoms with E-state index in [0.717, 1.165) is 45.5 Å². The van der Waals surface area contributed by atoms with Crippen LogP contribution >= 0.6 is 0 Å². The summed E-state index contributed by atoms with van der Waals surface area (Å²) in [5, 5.41) is 3.54. The fourth-order valence-corrected chi connectivity index (χ4v) is 4.29. The Morgan fingerprint density at radius 3 is 2.55 bits per heavy atom. The highest BCUT2D eigenvalue weighted by atomic mass is 16.5. The lowest BCUT2D eigenvalue weighted by molar-refractivity contribution is -0.154. The summed E-state index contributed by atoms with van der Waals surface area (Å²) in [4.78, 5) is 0. The first-order valence-corrected chi connectivity index (χ1v) is 8.27. The SMILES string of the molecule is CNC(C1CCOC2(CCOCC2)C1)C1CCC(C)O1. The van der Waals surface area contributed by atoms with Crippen molar-refractivity contribution in [2.45, 2.75) is 69.3 Å². The molecular weight excluding hydrogens is 254 g/mol. The molecule has 0 radical (unpaired) electrons. The van der Waals surface area contributed by atoms with Crippen molar-refractivity contribution >= 4 is 0 Å². The van der Waals surface area contributed by atoms with Crippen LogP contribution in [0.1, 0.15) is 45.4 Å². The van der Waals surface area contributed by atoms with Gasteiger partial charge in [0.2, 0.25) is 0 Å². The maximum Gasteiger partial charge on any atom is 0.0735 e. The Balaban J connectivity index is 1.65. The second kappa shape index (κ2) is 6.30. The van der Waals surface area contributed by atoms with Crippen LogP contribution in [-0.4, -0.2) is 50.7 Å². The molecule has 0 aliphatic carbocycles. The molecule has 3 aliphatic heterocycles. The maximum atomic E-state index is 6.17. The van der Waals surface area contributed by atoms with Crippen molar-refractivity contribution in [3.63, 3.8) is 0 Å². The molecule has 0 bridgehead atoms. The van der Waals surface area contributed by atoms with Crippen LogP contribution in [0.25, 0.3) is 0 Å². The third kappa shape index (κ3) is 3.03. The monoisotopic (exact) mass is 283 g/mol. The van der Waals surface area contributed by atoms with Crippen molar-refractivity contribution in [3.8, 4) is 0 Å². The van der Waals surface area contributed by atoms with Gasteiger partial charge in [0.1, 0.15) is 0 Å². The van der Waals surface area contributed by atoms with Crippen molar-refractivity contribution in [2.24, 2.45) is 5.92 Å². The summed E-state index contributed by atoms with van der Waals surface area (Å²) < 4.78 is 17.8. The predicted molar refractivity (Wildman–Crippen MR) is 77.9 cm³/mol. The first-order valence-electron chi connectivity index (χ1n) is 8.27. The summed E-state index contributed by atoms with van der Waals surface area (Å²) in [5.74, 6) is 0.669. The summed E-state index contributed by atoms with van der Waals surface area (Å²) in [5.41, 5.74) is 0.0838. The van der Waals surface area contributed by atoms with Gasteiger partial charge >= 0.3 is 0 Å². The molecule has 4 heteroatoms. The number of nitrogens with one attached hydrogen (secondary N) is 1. The molecule has 0 aromatic heterocycles. The fourth-order valence-electron chi connectivity index (χ4n) is 4.29. The van der Waals surface area contributed by atoms with Crippen LogP contribution in [0.4, 0.5) is 0 Å². The van der Waals surface area contributed by atoms with Crippen LogP contribution in [0.3, 0.4) is 0 Å². The van der Waals surface area contributed by atoms with Gasteiger partial charge in [-0.1, -0.05) is 0 Å². The highest BCUT2D eigenvalue weighted by Crippen LogP contribution is 2.40. The first-order chi connectivity index (χ1) is 9.72. The molecule has 116 valence electrons. The van der Waals surface area contributed by atoms with Gasteiger partial charge in [0.05, 0.1) is 17.8 Å². The lowest BCUT2D eigenvalue weighted by Gasteiger charge is -2.46. The van der Waals surface area contributed by atoms with E-state index in [2.05, 4.69) is 19.3 Å². The van der Waals surface area contributed by atoms with Crippen LogP contribution in [0.2, 0.25) is 0 Å². The van der Waals surface area contributed by atoms with Gasteiger partial charge in [0.25, 0.3) is 0 Å². The zero-order chi connectivity index (χ0) is 14.0. The van der Waals surface area contributed by atoms with Gasteiger partial charge in [-0.05, 0) is 58.4 Å². The third-order valence-corrected chi connectivity index (χ3v) is 5.44. The molecule has 4 unspecified atom stereocenters. The molecule has 1 spiro atoms. The molecule has 0 saturated carbocycles. The maximum absolute atomic E-state index is 6.17. The Labute approximate surface area is 122 Å². The predicted octanol–water partition coefficient (Wildman–Crippen LogP) is 2.12. The topological polar surface area (TPSA) is 39.7 Å². The van der Waals surface area contributed by atoms with Crippen molar-refractivity contribution in [1.29, 1.82) is 0 Å². The molecule has 3 heterocycles. The van der Waals surface area contributed by atoms with E-state index in [0.29, 0.717) is 24.2 Å². The van der Waals surface area contributed by atoms with E-state index in [1.54, 1.807) is 0 Å². The van der Waals surface area contributed by atoms with Gasteiger partial charge in [-0.15, -0.1) is 0 Å². The standard InChI is InChI=1S/C16H29NO3/c1-12-3-4-14(20-12)15(17-2)13-5-8-19-16(11-13)6-9-18-10-7-16/h12-15,17H,3-11H2,1-2H3. The Bertz CT molecular complexity index is 311. The minimum atomic E-state index is 0.0838. The summed E-state index contributed by atoms with van der Waals surface area (Å²) in [7, 11) is 2.09. The Morgan fingerprint density at radius 2 is 1.90 bits per heavy atom. The molecule has 20 heavy (non-hydrogen) atoms. The summed E-state index contributed by atoms with van der Waals surface area (Å²) in [6.45, 7) is 4.80. The minimum Gasteiger partial charge on any atom is -0.381 e. The van der Waals surface area contributed by atoms with E-state index in [9.17, 15) is 0 Å². The van der Waals surface area contributed by atoms with Crippen molar-refractivity contribution in [2.75, 3.05) is 26.9 Å². The molecule has 0 aromatic rings. The molecule has 3 rings (SSSR count). The highest BCUT2D eigenvalue weighted by Gasteiger charge is 2.43. The van der Waals surface area contributed by atoms with Gasteiger partial charge in [0.15, 0.2) is 0 Å². The molecule has 0 amide bonds. The van der Waals surface area contributed by atoms with Gasteiger partial charge in [-0.2, -0.15) is 0 Å². The average Bonchev–Trinajstić information content (AvgIpc) is 2.87. The zero-order valence-corrected chi connectivity index (χ0v) is 12.9. The minimum absolute atomic E-state index is 0.0838. The lowest BCUT2D eigenvalue weighted by atomic mass is 9.76. The molecule has 4 nitrogen and oxygen atoms in total. The van der Waals surface area contributed by atoms with Gasteiger partial charge in [0, 0.05) is 25.9 Å². The van der Waals surface area contributed by atoms with Gasteiger partial charge < -0.3 is 19.5 Å². The van der Waals surface area contributed by atoms with E-state index < -0.39 is 0 Å². The van der Waals surface area contributed by atoms with E-state index in [-0.39, 0.29) is 5.60 Å². The van der Waals surface area contributed by atoms with E-state index in [1.165, 1.54) is 12.8 Å². The van der Waals surface area contributed by atoms with Crippen LogP contribution in [0.15, 0.2) is 0 Å². The quantitative estimate of drug-likeness (QED) is 0.861. The number of rotatable bonds is 3. The largest absolute Gasteiger partial charge is 0.381 e. The second-order valence-corrected chi connectivity index (χ2v) is 6.77. The van der Waals surface area contributed by atoms with Gasteiger partial charge in [-0.3, -0.25) is 0 Å². The normalized spacial score (nSPS) is 39.0. The molecule has 3 aliphatic rings. The van der Waals surface area contributed by atoms with E-state index in [4.69, 9.17) is 14.2 Å². The lowest BCUT2D eigenvalue weighted by Crippen LogP contribution is -2.52. The molecule has 3 saturated heterocycles. The first kappa shape index (κ1) is 14.8. The second-order valence-electron chi connectivity index (χ2n) is 6.77. The molecule has 3 fully saturated rings. The number of hydrogen-bond donors (Lipinski definition) is 1. The summed E-state index contributed by atoms with van der Waals surface area (Å²) >= 11 is 0. The van der Waals surface area contributed by atoms with Crippen LogP contribution in [0.5, 0.6) is 0 Å². The smallest absolute Gasteiger partial charge is 0.0735 e. The Morgan fingerprint density at radius 1 is 1.10 bits per heavy atom. The number of hydrogen-bond acceptors (Lipinski definition) is 4.